The van der Waals surface area contributed by atoms with E-state index in [0.29, 0.717) is 5.02 Å². The van der Waals surface area contributed by atoms with E-state index in [1.807, 2.05) is 53.9 Å². The van der Waals surface area contributed by atoms with Gasteiger partial charge in [-0.1, -0.05) is 23.4 Å². The number of nitrogens with zero attached hydrogens (tertiary/aromatic N) is 1. The third-order valence-electron chi connectivity index (χ3n) is 3.33. The molecule has 1 aliphatic rings. The minimum absolute atomic E-state index is 0.159. The molecule has 0 aliphatic carbocycles. The van der Waals surface area contributed by atoms with Crippen LogP contribution < -0.4 is 0 Å². The summed E-state index contributed by atoms with van der Waals surface area (Å²) in [5.74, 6) is 2.21. The molecule has 1 saturated heterocycles. The van der Waals surface area contributed by atoms with E-state index in [1.54, 1.807) is 23.9 Å². The molecule has 3 nitrogen and oxygen atoms in total. The summed E-state index contributed by atoms with van der Waals surface area (Å²) < 4.78 is 0.262. The van der Waals surface area contributed by atoms with Gasteiger partial charge in [-0.15, -0.1) is 23.5 Å². The van der Waals surface area contributed by atoms with Crippen molar-refractivity contribution in [2.45, 2.75) is 20.8 Å². The summed E-state index contributed by atoms with van der Waals surface area (Å²) in [5.41, 5.74) is 1.21. The zero-order chi connectivity index (χ0) is 16.2. The molecule has 7 heteroatoms. The Kier molecular flexibility index (Phi) is 5.80. The van der Waals surface area contributed by atoms with Crippen molar-refractivity contribution in [2.24, 2.45) is 0 Å². The second-order valence-electron chi connectivity index (χ2n) is 4.96. The number of halogens is 1. The van der Waals surface area contributed by atoms with Crippen molar-refractivity contribution in [2.75, 3.05) is 11.5 Å². The molecule has 0 bridgehead atoms. The molecule has 0 amide bonds. The highest BCUT2D eigenvalue weighted by Gasteiger charge is 2.22. The van der Waals surface area contributed by atoms with Gasteiger partial charge in [0.25, 0.3) is 5.69 Å². The van der Waals surface area contributed by atoms with Crippen LogP contribution in [0.3, 0.4) is 0 Å². The highest BCUT2D eigenvalue weighted by atomic mass is 35.5. The Bertz CT molecular complexity index is 703. The fraction of sp³-hybridized carbons (Fsp3) is 0.250. The number of thioether (sulfide) groups is 2. The summed E-state index contributed by atoms with van der Waals surface area (Å²) in [4.78, 5) is 12.9. The third-order valence-corrected chi connectivity index (χ3v) is 7.66. The first-order valence-electron chi connectivity index (χ1n) is 7.08. The van der Waals surface area contributed by atoms with Gasteiger partial charge in [-0.2, -0.15) is 0 Å². The molecule has 0 atom stereocenters. The largest absolute Gasteiger partial charge is 0.269 e. The lowest BCUT2D eigenvalue weighted by Gasteiger charge is -2.23. The Morgan fingerprint density at radius 1 is 1.13 bits per heavy atom. The summed E-state index contributed by atoms with van der Waals surface area (Å²) >= 11 is 11.3. The van der Waals surface area contributed by atoms with Gasteiger partial charge in [0, 0.05) is 26.9 Å². The van der Waals surface area contributed by atoms with Crippen LogP contribution >= 0.6 is 46.9 Å². The van der Waals surface area contributed by atoms with E-state index in [2.05, 4.69) is 0 Å². The summed E-state index contributed by atoms with van der Waals surface area (Å²) in [7, 11) is 0. The molecule has 0 N–H and O–H groups in total. The molecule has 1 fully saturated rings. The standard InChI is InChI=1S/C16H14ClNO2S3/c17-11-2-5-13(6-3-11)23-15-7-4-12(18(19)20)10-14(15)16-21-8-1-9-22-16/h2-7,10,16H,1,8-9H2. The van der Waals surface area contributed by atoms with Crippen LogP contribution in [0.15, 0.2) is 52.3 Å². The molecule has 3 rings (SSSR count). The predicted octanol–water partition coefficient (Wildman–Crippen LogP) is 6.27. The Hall–Kier alpha value is -0.820. The first-order valence-corrected chi connectivity index (χ1v) is 10.4. The Morgan fingerprint density at radius 3 is 2.48 bits per heavy atom. The maximum atomic E-state index is 11.1. The van der Waals surface area contributed by atoms with E-state index in [1.165, 1.54) is 6.42 Å². The van der Waals surface area contributed by atoms with E-state index in [0.717, 1.165) is 26.9 Å². The number of nitro groups is 1. The van der Waals surface area contributed by atoms with Crippen LogP contribution in [-0.4, -0.2) is 16.4 Å². The summed E-state index contributed by atoms with van der Waals surface area (Å²) in [6.07, 6.45) is 1.19. The molecule has 0 spiro atoms. The van der Waals surface area contributed by atoms with Crippen LogP contribution in [0.2, 0.25) is 5.02 Å². The maximum Gasteiger partial charge on any atom is 0.269 e. The van der Waals surface area contributed by atoms with E-state index >= 15 is 0 Å². The quantitative estimate of drug-likeness (QED) is 0.459. The maximum absolute atomic E-state index is 11.1. The number of nitro benzene ring substituents is 1. The van der Waals surface area contributed by atoms with Gasteiger partial charge in [0.15, 0.2) is 0 Å². The van der Waals surface area contributed by atoms with E-state index in [9.17, 15) is 10.1 Å². The fourth-order valence-corrected chi connectivity index (χ4v) is 6.40. The molecule has 1 heterocycles. The summed E-state index contributed by atoms with van der Waals surface area (Å²) in [6, 6.07) is 12.8. The van der Waals surface area contributed by atoms with Crippen LogP contribution in [0.4, 0.5) is 5.69 Å². The molecule has 120 valence electrons. The van der Waals surface area contributed by atoms with E-state index < -0.39 is 0 Å². The van der Waals surface area contributed by atoms with Crippen LogP contribution in [0, 0.1) is 10.1 Å². The summed E-state index contributed by atoms with van der Waals surface area (Å²) in [5, 5.41) is 11.8. The normalized spacial score (nSPS) is 15.5. The monoisotopic (exact) mass is 383 g/mol. The number of hydrogen-bond donors (Lipinski definition) is 0. The second-order valence-corrected chi connectivity index (χ2v) is 9.24. The Labute approximate surface area is 152 Å². The molecule has 23 heavy (non-hydrogen) atoms. The topological polar surface area (TPSA) is 43.1 Å². The van der Waals surface area contributed by atoms with Gasteiger partial charge >= 0.3 is 0 Å². The lowest BCUT2D eigenvalue weighted by molar-refractivity contribution is -0.385. The van der Waals surface area contributed by atoms with Crippen molar-refractivity contribution in [1.29, 1.82) is 0 Å². The molecule has 0 saturated carbocycles. The van der Waals surface area contributed by atoms with Gasteiger partial charge in [-0.05, 0) is 53.8 Å². The van der Waals surface area contributed by atoms with Gasteiger partial charge in [-0.25, -0.2) is 0 Å². The molecule has 1 aliphatic heterocycles. The minimum atomic E-state index is -0.321. The number of hydrogen-bond acceptors (Lipinski definition) is 5. The molecular weight excluding hydrogens is 370 g/mol. The van der Waals surface area contributed by atoms with Gasteiger partial charge in [0.1, 0.15) is 0 Å². The first kappa shape index (κ1) is 17.0. The number of rotatable bonds is 4. The van der Waals surface area contributed by atoms with Gasteiger partial charge in [0.05, 0.1) is 9.51 Å². The molecule has 2 aromatic rings. The van der Waals surface area contributed by atoms with E-state index in [4.69, 9.17) is 11.6 Å². The van der Waals surface area contributed by atoms with Gasteiger partial charge in [-0.3, -0.25) is 10.1 Å². The van der Waals surface area contributed by atoms with Crippen molar-refractivity contribution in [3.05, 3.63) is 63.2 Å². The Balaban J connectivity index is 1.93. The molecular formula is C16H14ClNO2S3. The van der Waals surface area contributed by atoms with Crippen LogP contribution in [0.1, 0.15) is 16.6 Å². The van der Waals surface area contributed by atoms with Crippen molar-refractivity contribution in [1.82, 2.24) is 0 Å². The zero-order valence-electron chi connectivity index (χ0n) is 12.1. The van der Waals surface area contributed by atoms with Crippen LogP contribution in [0.5, 0.6) is 0 Å². The first-order chi connectivity index (χ1) is 11.1. The summed E-state index contributed by atoms with van der Waals surface area (Å²) in [6.45, 7) is 0. The van der Waals surface area contributed by atoms with Gasteiger partial charge in [0.2, 0.25) is 0 Å². The molecule has 0 aromatic heterocycles. The van der Waals surface area contributed by atoms with Crippen molar-refractivity contribution in [3.63, 3.8) is 0 Å². The zero-order valence-corrected chi connectivity index (χ0v) is 15.3. The van der Waals surface area contributed by atoms with Crippen molar-refractivity contribution < 1.29 is 4.92 Å². The smallest absolute Gasteiger partial charge is 0.258 e. The average molecular weight is 384 g/mol. The highest BCUT2D eigenvalue weighted by molar-refractivity contribution is 8.17. The number of non-ortho nitro benzene ring substituents is 1. The van der Waals surface area contributed by atoms with Gasteiger partial charge < -0.3 is 0 Å². The SMILES string of the molecule is O=[N+]([O-])c1ccc(Sc2ccc(Cl)cc2)c(C2SCCCS2)c1. The molecule has 0 radical (unpaired) electrons. The number of benzene rings is 2. The van der Waals surface area contributed by atoms with Crippen LogP contribution in [0.25, 0.3) is 0 Å². The van der Waals surface area contributed by atoms with Crippen LogP contribution in [-0.2, 0) is 0 Å². The minimum Gasteiger partial charge on any atom is -0.258 e. The second kappa shape index (κ2) is 7.83. The molecule has 2 aromatic carbocycles. The third kappa shape index (κ3) is 4.38. The van der Waals surface area contributed by atoms with Crippen molar-refractivity contribution >= 4 is 52.6 Å². The van der Waals surface area contributed by atoms with Crippen molar-refractivity contribution in [3.8, 4) is 0 Å². The fourth-order valence-electron chi connectivity index (χ4n) is 2.22. The van der Waals surface area contributed by atoms with E-state index in [-0.39, 0.29) is 15.2 Å². The molecule has 0 unspecified atom stereocenters. The average Bonchev–Trinajstić information content (AvgIpc) is 2.58. The predicted molar refractivity (Wildman–Crippen MR) is 101 cm³/mol. The lowest BCUT2D eigenvalue weighted by Crippen LogP contribution is -2.02. The Morgan fingerprint density at radius 2 is 1.83 bits per heavy atom. The lowest BCUT2D eigenvalue weighted by atomic mass is 10.2. The highest BCUT2D eigenvalue weighted by Crippen LogP contribution is 2.48.